The average molecular weight is 118 g/mol. The van der Waals surface area contributed by atoms with Gasteiger partial charge in [0.05, 0.1) is 0 Å². The van der Waals surface area contributed by atoms with Crippen LogP contribution >= 0.6 is 0 Å². The predicted molar refractivity (Wildman–Crippen MR) is 38.8 cm³/mol. The molecule has 2 nitrogen and oxygen atoms in total. The molecule has 0 aliphatic heterocycles. The van der Waals surface area contributed by atoms with E-state index in [4.69, 9.17) is 13.6 Å². The maximum absolute atomic E-state index is 5.44. The van der Waals surface area contributed by atoms with Crippen LogP contribution in [0.25, 0.3) is 0 Å². The molecule has 0 unspecified atom stereocenters. The minimum Gasteiger partial charge on any atom is -0.384 e. The van der Waals surface area contributed by atoms with E-state index in [9.17, 15) is 0 Å². The number of nitrogens with zero attached hydrogens (tertiary/aromatic N) is 1. The lowest BCUT2D eigenvalue weighted by Gasteiger charge is -1.96. The van der Waals surface area contributed by atoms with Crippen molar-refractivity contribution in [3.63, 3.8) is 0 Å². The van der Waals surface area contributed by atoms with Gasteiger partial charge in [-0.1, -0.05) is 5.46 Å². The normalized spacial score (nSPS) is 9.44. The summed E-state index contributed by atoms with van der Waals surface area (Å²) in [6.07, 6.45) is 0. The van der Waals surface area contributed by atoms with Crippen molar-refractivity contribution in [1.29, 1.82) is 0 Å². The van der Waals surface area contributed by atoms with Gasteiger partial charge in [0.2, 0.25) is 0 Å². The van der Waals surface area contributed by atoms with Crippen molar-refractivity contribution in [2.24, 2.45) is 0 Å². The summed E-state index contributed by atoms with van der Waals surface area (Å²) in [7, 11) is 5.44. The molecular formula is C6H7BN2. The Labute approximate surface area is 55.5 Å². The summed E-state index contributed by atoms with van der Waals surface area (Å²) in [6, 6.07) is 3.41. The second kappa shape index (κ2) is 2.09. The molecular weight excluding hydrogens is 111 g/mol. The number of anilines is 1. The van der Waals surface area contributed by atoms with Gasteiger partial charge in [-0.25, -0.2) is 4.98 Å². The van der Waals surface area contributed by atoms with Crippen LogP contribution in [0.15, 0.2) is 12.1 Å². The topological polar surface area (TPSA) is 38.9 Å². The smallest absolute Gasteiger partial charge is 0.122 e. The molecule has 0 saturated heterocycles. The van der Waals surface area contributed by atoms with Crippen LogP contribution in [-0.2, 0) is 0 Å². The van der Waals surface area contributed by atoms with Crippen molar-refractivity contribution in [2.45, 2.75) is 6.92 Å². The van der Waals surface area contributed by atoms with Gasteiger partial charge in [0, 0.05) is 5.69 Å². The largest absolute Gasteiger partial charge is 0.384 e. The molecule has 0 atom stereocenters. The van der Waals surface area contributed by atoms with Gasteiger partial charge in [-0.15, -0.1) is 0 Å². The molecule has 9 heavy (non-hydrogen) atoms. The first-order chi connectivity index (χ1) is 4.18. The first kappa shape index (κ1) is 6.14. The highest BCUT2D eigenvalue weighted by atomic mass is 14.8. The van der Waals surface area contributed by atoms with Crippen molar-refractivity contribution in [3.8, 4) is 0 Å². The van der Waals surface area contributed by atoms with E-state index in [1.165, 1.54) is 0 Å². The molecule has 2 radical (unpaired) electrons. The van der Waals surface area contributed by atoms with Gasteiger partial charge in [0.1, 0.15) is 13.7 Å². The molecule has 0 bridgehead atoms. The highest BCUT2D eigenvalue weighted by Crippen LogP contribution is 1.94. The van der Waals surface area contributed by atoms with Crippen LogP contribution in [0.1, 0.15) is 5.69 Å². The van der Waals surface area contributed by atoms with Gasteiger partial charge in [0.25, 0.3) is 0 Å². The Morgan fingerprint density at radius 2 is 2.22 bits per heavy atom. The number of aryl methyl sites for hydroxylation is 1. The van der Waals surface area contributed by atoms with Gasteiger partial charge < -0.3 is 5.73 Å². The van der Waals surface area contributed by atoms with E-state index in [1.807, 2.05) is 6.92 Å². The fourth-order valence-electron chi connectivity index (χ4n) is 0.722. The van der Waals surface area contributed by atoms with Crippen LogP contribution in [-0.4, -0.2) is 12.8 Å². The maximum Gasteiger partial charge on any atom is 0.122 e. The van der Waals surface area contributed by atoms with Gasteiger partial charge in [-0.3, -0.25) is 0 Å². The summed E-state index contributed by atoms with van der Waals surface area (Å²) in [5.74, 6) is 0.479. The third-order valence-electron chi connectivity index (χ3n) is 0.996. The second-order valence-corrected chi connectivity index (χ2v) is 1.97. The fraction of sp³-hybridized carbons (Fsp3) is 0.167. The lowest BCUT2D eigenvalue weighted by Crippen LogP contribution is -2.06. The molecule has 44 valence electrons. The van der Waals surface area contributed by atoms with Crippen LogP contribution in [0.2, 0.25) is 0 Å². The Balaban J connectivity index is 3.17. The standard InChI is InChI=1S/C6H7BN2/c1-4-2-5(7)3-6(8)9-4/h2-3H,1H3,(H2,8,9). The monoisotopic (exact) mass is 118 g/mol. The molecule has 0 fully saturated rings. The van der Waals surface area contributed by atoms with Crippen LogP contribution in [0.5, 0.6) is 0 Å². The Morgan fingerprint density at radius 3 is 2.67 bits per heavy atom. The van der Waals surface area contributed by atoms with E-state index in [0.29, 0.717) is 11.3 Å². The maximum atomic E-state index is 5.44. The number of nitrogens with two attached hydrogens (primary N) is 1. The van der Waals surface area contributed by atoms with Gasteiger partial charge >= 0.3 is 0 Å². The minimum absolute atomic E-state index is 0.479. The van der Waals surface area contributed by atoms with E-state index in [-0.39, 0.29) is 0 Å². The van der Waals surface area contributed by atoms with Crippen LogP contribution in [0.4, 0.5) is 5.82 Å². The van der Waals surface area contributed by atoms with Crippen molar-refractivity contribution >= 4 is 19.1 Å². The molecule has 0 spiro atoms. The Hall–Kier alpha value is -0.985. The van der Waals surface area contributed by atoms with E-state index < -0.39 is 0 Å². The number of hydrogen-bond acceptors (Lipinski definition) is 2. The Morgan fingerprint density at radius 1 is 1.56 bits per heavy atom. The first-order valence-corrected chi connectivity index (χ1v) is 2.68. The van der Waals surface area contributed by atoms with Gasteiger partial charge in [-0.05, 0) is 19.1 Å². The molecule has 1 heterocycles. The van der Waals surface area contributed by atoms with Crippen molar-refractivity contribution in [2.75, 3.05) is 5.73 Å². The van der Waals surface area contributed by atoms with Gasteiger partial charge in [0.15, 0.2) is 0 Å². The van der Waals surface area contributed by atoms with Gasteiger partial charge in [-0.2, -0.15) is 0 Å². The molecule has 0 amide bonds. The van der Waals surface area contributed by atoms with Crippen molar-refractivity contribution in [1.82, 2.24) is 4.98 Å². The summed E-state index contributed by atoms with van der Waals surface area (Å²) < 4.78 is 0. The van der Waals surface area contributed by atoms with E-state index in [0.717, 1.165) is 5.69 Å². The number of hydrogen-bond donors (Lipinski definition) is 1. The van der Waals surface area contributed by atoms with Crippen molar-refractivity contribution in [3.05, 3.63) is 17.8 Å². The lowest BCUT2D eigenvalue weighted by atomic mass is 9.97. The average Bonchev–Trinajstić information content (AvgIpc) is 1.59. The molecule has 0 aliphatic carbocycles. The molecule has 0 aliphatic rings. The molecule has 0 saturated carbocycles. The number of aromatic nitrogens is 1. The number of pyridine rings is 1. The molecule has 2 N–H and O–H groups in total. The zero-order valence-electron chi connectivity index (χ0n) is 5.26. The fourth-order valence-corrected chi connectivity index (χ4v) is 0.722. The summed E-state index contributed by atoms with van der Waals surface area (Å²) in [5, 5.41) is 0. The molecule has 1 aromatic rings. The third kappa shape index (κ3) is 1.45. The summed E-state index contributed by atoms with van der Waals surface area (Å²) in [6.45, 7) is 1.85. The Bertz CT molecular complexity index is 172. The zero-order chi connectivity index (χ0) is 6.85. The lowest BCUT2D eigenvalue weighted by molar-refractivity contribution is 1.22. The van der Waals surface area contributed by atoms with Crippen LogP contribution in [0, 0.1) is 6.92 Å². The number of rotatable bonds is 0. The van der Waals surface area contributed by atoms with E-state index >= 15 is 0 Å². The molecule has 1 aromatic heterocycles. The highest BCUT2D eigenvalue weighted by Gasteiger charge is 1.89. The molecule has 3 heteroatoms. The zero-order valence-corrected chi connectivity index (χ0v) is 5.26. The summed E-state index contributed by atoms with van der Waals surface area (Å²) in [5.41, 5.74) is 6.89. The second-order valence-electron chi connectivity index (χ2n) is 1.97. The quantitative estimate of drug-likeness (QED) is 0.477. The van der Waals surface area contributed by atoms with E-state index in [1.54, 1.807) is 12.1 Å². The predicted octanol–water partition coefficient (Wildman–Crippen LogP) is -0.234. The third-order valence-corrected chi connectivity index (χ3v) is 0.996. The molecule has 0 aromatic carbocycles. The SMILES string of the molecule is [B]c1cc(C)nc(N)c1. The first-order valence-electron chi connectivity index (χ1n) is 2.68. The van der Waals surface area contributed by atoms with Crippen LogP contribution in [0.3, 0.4) is 0 Å². The minimum atomic E-state index is 0.479. The highest BCUT2D eigenvalue weighted by molar-refractivity contribution is 6.32. The van der Waals surface area contributed by atoms with Crippen molar-refractivity contribution < 1.29 is 0 Å². The van der Waals surface area contributed by atoms with E-state index in [2.05, 4.69) is 4.98 Å². The molecule has 1 rings (SSSR count). The Kier molecular flexibility index (Phi) is 1.43. The van der Waals surface area contributed by atoms with Crippen LogP contribution < -0.4 is 11.2 Å². The summed E-state index contributed by atoms with van der Waals surface area (Å²) >= 11 is 0. The summed E-state index contributed by atoms with van der Waals surface area (Å²) in [4.78, 5) is 3.93. The number of nitrogen functional groups attached to an aromatic ring is 1.